The van der Waals surface area contributed by atoms with Crippen molar-refractivity contribution in [3.8, 4) is 0 Å². The van der Waals surface area contributed by atoms with E-state index in [1.54, 1.807) is 20.8 Å². The van der Waals surface area contributed by atoms with Crippen LogP contribution in [0.4, 0.5) is 0 Å². The van der Waals surface area contributed by atoms with Gasteiger partial charge in [-0.25, -0.2) is 4.79 Å². The van der Waals surface area contributed by atoms with Gasteiger partial charge in [0.15, 0.2) is 0 Å². The molecule has 5 heteroatoms. The molecule has 21 heavy (non-hydrogen) atoms. The lowest BCUT2D eigenvalue weighted by Gasteiger charge is -2.23. The van der Waals surface area contributed by atoms with E-state index in [4.69, 9.17) is 9.78 Å². The molecular formula is C16H24O5. The fourth-order valence-electron chi connectivity index (χ4n) is 2.17. The molecule has 1 rings (SSSR count). The lowest BCUT2D eigenvalue weighted by molar-refractivity contribution is -0.518. The van der Waals surface area contributed by atoms with Crippen LogP contribution in [0.3, 0.4) is 0 Å². The van der Waals surface area contributed by atoms with Gasteiger partial charge in [0.2, 0.25) is 0 Å². The number of benzene rings is 1. The maximum Gasteiger partial charge on any atom is 0.353 e. The molecule has 0 saturated carbocycles. The lowest BCUT2D eigenvalue weighted by atomic mass is 9.97. The molecule has 0 aliphatic carbocycles. The Bertz CT molecular complexity index is 428. The molecule has 0 aliphatic heterocycles. The zero-order valence-corrected chi connectivity index (χ0v) is 13.0. The van der Waals surface area contributed by atoms with Crippen LogP contribution in [0.1, 0.15) is 52.0 Å². The van der Waals surface area contributed by atoms with Crippen LogP contribution in [0.25, 0.3) is 0 Å². The second-order valence-electron chi connectivity index (χ2n) is 5.74. The molecule has 0 fully saturated rings. The molecule has 0 aromatic heterocycles. The highest BCUT2D eigenvalue weighted by molar-refractivity contribution is 5.77. The summed E-state index contributed by atoms with van der Waals surface area (Å²) in [6, 6.07) is 9.36. The van der Waals surface area contributed by atoms with Gasteiger partial charge in [-0.3, -0.25) is 4.89 Å². The van der Waals surface area contributed by atoms with Crippen molar-refractivity contribution < 1.29 is 24.7 Å². The minimum atomic E-state index is -0.747. The summed E-state index contributed by atoms with van der Waals surface area (Å²) in [4.78, 5) is 21.8. The van der Waals surface area contributed by atoms with Crippen molar-refractivity contribution in [2.24, 2.45) is 0 Å². The number of aliphatic hydroxyl groups excluding tert-OH is 1. The summed E-state index contributed by atoms with van der Waals surface area (Å²) in [6.45, 7) is 7.03. The normalized spacial score (nSPS) is 14.5. The van der Waals surface area contributed by atoms with Crippen molar-refractivity contribution in [2.75, 3.05) is 0 Å². The molecule has 0 amide bonds. The monoisotopic (exact) mass is 296 g/mol. The zero-order valence-electron chi connectivity index (χ0n) is 13.0. The summed E-state index contributed by atoms with van der Waals surface area (Å²) < 4.78 is 0. The number of rotatable bonds is 8. The quantitative estimate of drug-likeness (QED) is 0.590. The molecular weight excluding hydrogens is 272 g/mol. The maximum atomic E-state index is 12.0. The molecule has 1 N–H and O–H groups in total. The number of aliphatic hydroxyl groups is 1. The minimum Gasteiger partial charge on any atom is -0.393 e. The molecule has 0 saturated heterocycles. The predicted octanol–water partition coefficient (Wildman–Crippen LogP) is 3.14. The molecule has 1 aromatic carbocycles. The first-order valence-corrected chi connectivity index (χ1v) is 7.15. The largest absolute Gasteiger partial charge is 0.393 e. The number of hydrogen-bond acceptors (Lipinski definition) is 5. The standard InChI is InChI=1S/C16H24O5/c1-5-14(13-9-7-6-8-10-13)15(18)19-21-20-16(3,4)11-12(2)17/h6-10,12,14,17H,5,11H2,1-4H3. The van der Waals surface area contributed by atoms with Gasteiger partial charge in [0.25, 0.3) is 0 Å². The van der Waals surface area contributed by atoms with Gasteiger partial charge in [0, 0.05) is 6.42 Å². The Hall–Kier alpha value is -1.43. The molecule has 2 atom stereocenters. The highest BCUT2D eigenvalue weighted by atomic mass is 17.5. The van der Waals surface area contributed by atoms with Crippen LogP contribution in [0, 0.1) is 0 Å². The Morgan fingerprint density at radius 3 is 2.43 bits per heavy atom. The second-order valence-corrected chi connectivity index (χ2v) is 5.74. The molecule has 0 aliphatic rings. The summed E-state index contributed by atoms with van der Waals surface area (Å²) in [5.41, 5.74) is 0.125. The number of carbonyl (C=O) groups is 1. The summed E-state index contributed by atoms with van der Waals surface area (Å²) in [7, 11) is 0. The van der Waals surface area contributed by atoms with E-state index >= 15 is 0 Å². The van der Waals surface area contributed by atoms with Crippen LogP contribution in [-0.2, 0) is 19.6 Å². The van der Waals surface area contributed by atoms with Crippen LogP contribution < -0.4 is 0 Å². The Labute approximate surface area is 125 Å². The Kier molecular flexibility index (Phi) is 6.81. The number of hydrogen-bond donors (Lipinski definition) is 1. The third-order valence-corrected chi connectivity index (χ3v) is 3.06. The SMILES string of the molecule is CCC(C(=O)OOOC(C)(C)CC(C)O)c1ccccc1. The lowest BCUT2D eigenvalue weighted by Crippen LogP contribution is -2.30. The van der Waals surface area contributed by atoms with Crippen LogP contribution in [0.15, 0.2) is 30.3 Å². The molecule has 0 bridgehead atoms. The predicted molar refractivity (Wildman–Crippen MR) is 78.1 cm³/mol. The Balaban J connectivity index is 2.49. The van der Waals surface area contributed by atoms with Crippen LogP contribution in [0.2, 0.25) is 0 Å². The summed E-state index contributed by atoms with van der Waals surface area (Å²) in [6.07, 6.45) is 0.427. The Morgan fingerprint density at radius 2 is 1.90 bits per heavy atom. The molecule has 0 spiro atoms. The van der Waals surface area contributed by atoms with Crippen LogP contribution in [0.5, 0.6) is 0 Å². The van der Waals surface area contributed by atoms with E-state index in [0.29, 0.717) is 12.8 Å². The number of carbonyl (C=O) groups excluding carboxylic acids is 1. The molecule has 118 valence electrons. The van der Waals surface area contributed by atoms with Gasteiger partial charge in [0.1, 0.15) is 5.60 Å². The van der Waals surface area contributed by atoms with Gasteiger partial charge in [-0.1, -0.05) is 37.3 Å². The molecule has 2 unspecified atom stereocenters. The minimum absolute atomic E-state index is 0.362. The maximum absolute atomic E-state index is 12.0. The van der Waals surface area contributed by atoms with Gasteiger partial charge < -0.3 is 5.11 Å². The fourth-order valence-corrected chi connectivity index (χ4v) is 2.17. The third kappa shape index (κ3) is 6.25. The van der Waals surface area contributed by atoms with E-state index in [1.165, 1.54) is 0 Å². The Morgan fingerprint density at radius 1 is 1.29 bits per heavy atom. The van der Waals surface area contributed by atoms with Crippen LogP contribution in [-0.4, -0.2) is 22.8 Å². The van der Waals surface area contributed by atoms with E-state index in [1.807, 2.05) is 37.3 Å². The molecule has 0 radical (unpaired) electrons. The first-order valence-electron chi connectivity index (χ1n) is 7.15. The first kappa shape index (κ1) is 17.6. The van der Waals surface area contributed by atoms with Crippen LogP contribution >= 0.6 is 0 Å². The second kappa shape index (κ2) is 8.12. The van der Waals surface area contributed by atoms with Gasteiger partial charge in [0.05, 0.1) is 12.0 Å². The molecule has 0 heterocycles. The highest BCUT2D eigenvalue weighted by Crippen LogP contribution is 2.22. The highest BCUT2D eigenvalue weighted by Gasteiger charge is 2.26. The van der Waals surface area contributed by atoms with Gasteiger partial charge >= 0.3 is 5.97 Å². The van der Waals surface area contributed by atoms with Crippen molar-refractivity contribution >= 4 is 5.97 Å². The molecule has 5 nitrogen and oxygen atoms in total. The van der Waals surface area contributed by atoms with E-state index < -0.39 is 23.6 Å². The zero-order chi connectivity index (χ0) is 15.9. The average molecular weight is 296 g/mol. The first-order chi connectivity index (χ1) is 9.85. The summed E-state index contributed by atoms with van der Waals surface area (Å²) in [5, 5.41) is 13.9. The van der Waals surface area contributed by atoms with Crippen molar-refractivity contribution in [3.05, 3.63) is 35.9 Å². The summed E-state index contributed by atoms with van der Waals surface area (Å²) in [5.74, 6) is -0.897. The van der Waals surface area contributed by atoms with E-state index in [0.717, 1.165) is 5.56 Å². The average Bonchev–Trinajstić information content (AvgIpc) is 2.39. The van der Waals surface area contributed by atoms with Gasteiger partial charge in [-0.05, 0) is 37.8 Å². The van der Waals surface area contributed by atoms with E-state index in [2.05, 4.69) is 5.04 Å². The van der Waals surface area contributed by atoms with Crippen molar-refractivity contribution in [2.45, 2.75) is 58.2 Å². The topological polar surface area (TPSA) is 65.0 Å². The van der Waals surface area contributed by atoms with Crippen molar-refractivity contribution in [1.82, 2.24) is 0 Å². The summed E-state index contributed by atoms with van der Waals surface area (Å²) >= 11 is 0. The third-order valence-electron chi connectivity index (χ3n) is 3.06. The van der Waals surface area contributed by atoms with Gasteiger partial charge in [-0.2, -0.15) is 4.89 Å². The van der Waals surface area contributed by atoms with Gasteiger partial charge in [-0.15, -0.1) is 0 Å². The van der Waals surface area contributed by atoms with E-state index in [9.17, 15) is 9.90 Å². The molecule has 1 aromatic rings. The van der Waals surface area contributed by atoms with Crippen molar-refractivity contribution in [3.63, 3.8) is 0 Å². The van der Waals surface area contributed by atoms with Crippen molar-refractivity contribution in [1.29, 1.82) is 0 Å². The smallest absolute Gasteiger partial charge is 0.353 e. The van der Waals surface area contributed by atoms with E-state index in [-0.39, 0.29) is 0 Å². The fraction of sp³-hybridized carbons (Fsp3) is 0.562.